The molecule has 1 heterocycles. The van der Waals surface area contributed by atoms with Crippen molar-refractivity contribution in [1.82, 2.24) is 10.2 Å². The summed E-state index contributed by atoms with van der Waals surface area (Å²) in [4.78, 5) is 25.3. The second kappa shape index (κ2) is 6.70. The van der Waals surface area contributed by atoms with Crippen molar-refractivity contribution in [2.24, 2.45) is 5.92 Å². The van der Waals surface area contributed by atoms with Crippen molar-refractivity contribution in [3.63, 3.8) is 0 Å². The fraction of sp³-hybridized carbons (Fsp3) is 0.500. The van der Waals surface area contributed by atoms with E-state index in [0.717, 1.165) is 12.0 Å². The van der Waals surface area contributed by atoms with Crippen molar-refractivity contribution >= 4 is 11.8 Å². The Hall–Kier alpha value is -1.91. The van der Waals surface area contributed by atoms with Gasteiger partial charge in [-0.05, 0) is 30.0 Å². The van der Waals surface area contributed by atoms with Crippen LogP contribution < -0.4 is 5.32 Å². The maximum atomic E-state index is 13.2. The number of rotatable bonds is 5. The number of carbonyl (C=O) groups is 2. The van der Waals surface area contributed by atoms with Crippen molar-refractivity contribution in [2.45, 2.75) is 32.7 Å². The molecule has 0 bridgehead atoms. The number of piperazine rings is 1. The van der Waals surface area contributed by atoms with Crippen LogP contribution in [0.25, 0.3) is 0 Å². The van der Waals surface area contributed by atoms with Gasteiger partial charge in [0.15, 0.2) is 0 Å². The number of benzene rings is 1. The van der Waals surface area contributed by atoms with E-state index in [1.807, 2.05) is 6.07 Å². The molecular weight excluding hydrogens is 271 g/mol. The molecule has 0 spiro atoms. The average Bonchev–Trinajstić information content (AvgIpc) is 2.48. The zero-order valence-electron chi connectivity index (χ0n) is 12.4. The lowest BCUT2D eigenvalue weighted by atomic mass is 9.95. The number of nitrogens with zero attached hydrogens (tertiary/aromatic N) is 1. The lowest BCUT2D eigenvalue weighted by molar-refractivity contribution is -0.151. The fourth-order valence-corrected chi connectivity index (χ4v) is 2.65. The van der Waals surface area contributed by atoms with Gasteiger partial charge in [0.2, 0.25) is 0 Å². The van der Waals surface area contributed by atoms with Crippen LogP contribution in [0.15, 0.2) is 24.3 Å². The number of amides is 2. The van der Waals surface area contributed by atoms with Crippen molar-refractivity contribution in [1.29, 1.82) is 0 Å². The van der Waals surface area contributed by atoms with E-state index in [1.54, 1.807) is 11.0 Å². The molecule has 21 heavy (non-hydrogen) atoms. The molecule has 1 fully saturated rings. The highest BCUT2D eigenvalue weighted by molar-refractivity contribution is 6.35. The lowest BCUT2D eigenvalue weighted by Gasteiger charge is -2.38. The Morgan fingerprint density at radius 2 is 2.19 bits per heavy atom. The molecule has 1 aromatic carbocycles. The SMILES string of the molecule is CCC(C)[C@H]1CNC(=O)C(=O)N1CCc1cccc(F)c1. The topological polar surface area (TPSA) is 49.4 Å². The number of halogens is 1. The monoisotopic (exact) mass is 292 g/mol. The van der Waals surface area contributed by atoms with Gasteiger partial charge >= 0.3 is 11.8 Å². The summed E-state index contributed by atoms with van der Waals surface area (Å²) in [6.45, 7) is 5.06. The third-order valence-electron chi connectivity index (χ3n) is 4.16. The van der Waals surface area contributed by atoms with E-state index in [0.29, 0.717) is 25.4 Å². The first-order valence-corrected chi connectivity index (χ1v) is 7.36. The Bertz CT molecular complexity index is 533. The summed E-state index contributed by atoms with van der Waals surface area (Å²) in [5.41, 5.74) is 0.830. The first-order chi connectivity index (χ1) is 10.0. The summed E-state index contributed by atoms with van der Waals surface area (Å²) in [7, 11) is 0. The van der Waals surface area contributed by atoms with Crippen LogP contribution in [0.5, 0.6) is 0 Å². The van der Waals surface area contributed by atoms with Gasteiger partial charge in [-0.15, -0.1) is 0 Å². The fourth-order valence-electron chi connectivity index (χ4n) is 2.65. The van der Waals surface area contributed by atoms with Gasteiger partial charge in [0.1, 0.15) is 5.82 Å². The number of hydrogen-bond donors (Lipinski definition) is 1. The third-order valence-corrected chi connectivity index (χ3v) is 4.16. The van der Waals surface area contributed by atoms with Gasteiger partial charge in [0.05, 0.1) is 6.04 Å². The molecule has 1 aromatic rings. The Balaban J connectivity index is 2.09. The van der Waals surface area contributed by atoms with Crippen molar-refractivity contribution < 1.29 is 14.0 Å². The summed E-state index contributed by atoms with van der Waals surface area (Å²) in [5.74, 6) is -1.01. The highest BCUT2D eigenvalue weighted by Crippen LogP contribution is 2.18. The summed E-state index contributed by atoms with van der Waals surface area (Å²) in [5, 5.41) is 2.64. The molecule has 0 aromatic heterocycles. The van der Waals surface area contributed by atoms with E-state index in [1.165, 1.54) is 12.1 Å². The molecule has 0 radical (unpaired) electrons. The Labute approximate surface area is 124 Å². The summed E-state index contributed by atoms with van der Waals surface area (Å²) < 4.78 is 13.2. The molecule has 4 nitrogen and oxygen atoms in total. The lowest BCUT2D eigenvalue weighted by Crippen LogP contribution is -2.60. The van der Waals surface area contributed by atoms with E-state index in [2.05, 4.69) is 19.2 Å². The van der Waals surface area contributed by atoms with Crippen molar-refractivity contribution in [3.8, 4) is 0 Å². The zero-order chi connectivity index (χ0) is 15.4. The Kier molecular flexibility index (Phi) is 4.94. The molecule has 5 heteroatoms. The van der Waals surface area contributed by atoms with Gasteiger partial charge in [-0.1, -0.05) is 32.4 Å². The van der Waals surface area contributed by atoms with E-state index in [-0.39, 0.29) is 11.9 Å². The molecule has 1 N–H and O–H groups in total. The van der Waals surface area contributed by atoms with Gasteiger partial charge < -0.3 is 10.2 Å². The molecule has 114 valence electrons. The minimum atomic E-state index is -0.547. The van der Waals surface area contributed by atoms with E-state index >= 15 is 0 Å². The van der Waals surface area contributed by atoms with Crippen molar-refractivity contribution in [3.05, 3.63) is 35.6 Å². The van der Waals surface area contributed by atoms with Crippen LogP contribution >= 0.6 is 0 Å². The second-order valence-corrected chi connectivity index (χ2v) is 5.54. The number of hydrogen-bond acceptors (Lipinski definition) is 2. The summed E-state index contributed by atoms with van der Waals surface area (Å²) in [6, 6.07) is 6.35. The molecule has 2 amide bonds. The van der Waals surface area contributed by atoms with Crippen LogP contribution in [0.1, 0.15) is 25.8 Å². The zero-order valence-corrected chi connectivity index (χ0v) is 12.4. The van der Waals surface area contributed by atoms with Crippen molar-refractivity contribution in [2.75, 3.05) is 13.1 Å². The molecule has 1 unspecified atom stereocenters. The average molecular weight is 292 g/mol. The number of carbonyl (C=O) groups excluding carboxylic acids is 2. The van der Waals surface area contributed by atoms with Gasteiger partial charge in [-0.3, -0.25) is 9.59 Å². The Morgan fingerprint density at radius 1 is 1.43 bits per heavy atom. The van der Waals surface area contributed by atoms with Gasteiger partial charge in [0.25, 0.3) is 0 Å². The van der Waals surface area contributed by atoms with E-state index < -0.39 is 11.8 Å². The molecule has 0 saturated carbocycles. The minimum Gasteiger partial charge on any atom is -0.346 e. The molecular formula is C16H21FN2O2. The molecule has 2 atom stereocenters. The first kappa shape index (κ1) is 15.5. The quantitative estimate of drug-likeness (QED) is 0.840. The maximum absolute atomic E-state index is 13.2. The predicted molar refractivity (Wildman–Crippen MR) is 78.1 cm³/mol. The van der Waals surface area contributed by atoms with Gasteiger partial charge in [-0.25, -0.2) is 4.39 Å². The van der Waals surface area contributed by atoms with Gasteiger partial charge in [-0.2, -0.15) is 0 Å². The standard InChI is InChI=1S/C16H21FN2O2/c1-3-11(2)14-10-18-15(20)16(21)19(14)8-7-12-5-4-6-13(17)9-12/h4-6,9,11,14H,3,7-8,10H2,1-2H3,(H,18,20)/t11?,14-/m1/s1. The molecule has 1 aliphatic heterocycles. The van der Waals surface area contributed by atoms with E-state index in [4.69, 9.17) is 0 Å². The van der Waals surface area contributed by atoms with Crippen LogP contribution in [0.2, 0.25) is 0 Å². The van der Waals surface area contributed by atoms with Crippen LogP contribution in [0.4, 0.5) is 4.39 Å². The number of nitrogens with one attached hydrogen (secondary N) is 1. The molecule has 1 saturated heterocycles. The largest absolute Gasteiger partial charge is 0.346 e. The Morgan fingerprint density at radius 3 is 2.86 bits per heavy atom. The van der Waals surface area contributed by atoms with Crippen LogP contribution in [0.3, 0.4) is 0 Å². The summed E-state index contributed by atoms with van der Waals surface area (Å²) >= 11 is 0. The smallest absolute Gasteiger partial charge is 0.312 e. The van der Waals surface area contributed by atoms with Crippen LogP contribution in [-0.2, 0) is 16.0 Å². The normalized spacial score (nSPS) is 20.3. The molecule has 1 aliphatic rings. The maximum Gasteiger partial charge on any atom is 0.312 e. The van der Waals surface area contributed by atoms with Gasteiger partial charge in [0, 0.05) is 13.1 Å². The molecule has 2 rings (SSSR count). The predicted octanol–water partition coefficient (Wildman–Crippen LogP) is 1.74. The second-order valence-electron chi connectivity index (χ2n) is 5.54. The van der Waals surface area contributed by atoms with Crippen LogP contribution in [0, 0.1) is 11.7 Å². The highest BCUT2D eigenvalue weighted by atomic mass is 19.1. The first-order valence-electron chi connectivity index (χ1n) is 7.36. The van der Waals surface area contributed by atoms with E-state index in [9.17, 15) is 14.0 Å². The highest BCUT2D eigenvalue weighted by Gasteiger charge is 2.35. The van der Waals surface area contributed by atoms with Crippen LogP contribution in [-0.4, -0.2) is 35.8 Å². The third kappa shape index (κ3) is 3.60. The molecule has 0 aliphatic carbocycles. The summed E-state index contributed by atoms with van der Waals surface area (Å²) in [6.07, 6.45) is 1.48. The minimum absolute atomic E-state index is 0.00811.